The van der Waals surface area contributed by atoms with Crippen molar-refractivity contribution in [2.75, 3.05) is 43.4 Å². The van der Waals surface area contributed by atoms with E-state index in [0.29, 0.717) is 5.82 Å². The van der Waals surface area contributed by atoms with E-state index in [1.165, 1.54) is 24.5 Å². The fraction of sp³-hybridized carbons (Fsp3) is 0.353. The number of nitrogens with one attached hydrogen (secondary N) is 1. The minimum absolute atomic E-state index is 0.0419. The topological polar surface area (TPSA) is 61.4 Å². The number of hydrogen-bond acceptors (Lipinski definition) is 5. The lowest BCUT2D eigenvalue weighted by Crippen LogP contribution is -2.44. The third kappa shape index (κ3) is 4.29. The van der Waals surface area contributed by atoms with Crippen molar-refractivity contribution in [2.24, 2.45) is 0 Å². The summed E-state index contributed by atoms with van der Waals surface area (Å²) in [4.78, 5) is 24.8. The number of alkyl halides is 3. The normalized spacial score (nSPS) is 15.8. The Labute approximate surface area is 148 Å². The molecule has 1 amide bonds. The molecular formula is C17H18F3N5O. The predicted octanol–water partition coefficient (Wildman–Crippen LogP) is 2.50. The summed E-state index contributed by atoms with van der Waals surface area (Å²) in [5.41, 5.74) is -0.734. The number of nitrogens with zero attached hydrogens (tertiary/aromatic N) is 4. The third-order valence-electron chi connectivity index (χ3n) is 4.15. The van der Waals surface area contributed by atoms with Crippen molar-refractivity contribution < 1.29 is 18.0 Å². The van der Waals surface area contributed by atoms with Crippen LogP contribution in [-0.4, -0.2) is 54.0 Å². The SMILES string of the molecule is CN1CCN(c2cnc(C(=O)Nc3cccc(C(F)(F)F)c3)cn2)CC1. The van der Waals surface area contributed by atoms with Gasteiger partial charge < -0.3 is 15.1 Å². The molecule has 1 fully saturated rings. The van der Waals surface area contributed by atoms with Gasteiger partial charge in [-0.05, 0) is 25.2 Å². The average molecular weight is 365 g/mol. The molecule has 138 valence electrons. The fourth-order valence-electron chi connectivity index (χ4n) is 2.61. The van der Waals surface area contributed by atoms with Gasteiger partial charge in [-0.25, -0.2) is 9.97 Å². The Hall–Kier alpha value is -2.68. The molecule has 1 N–H and O–H groups in total. The van der Waals surface area contributed by atoms with Gasteiger partial charge in [-0.3, -0.25) is 4.79 Å². The van der Waals surface area contributed by atoms with E-state index in [4.69, 9.17) is 0 Å². The molecule has 0 unspecified atom stereocenters. The highest BCUT2D eigenvalue weighted by molar-refractivity contribution is 6.02. The van der Waals surface area contributed by atoms with Crippen LogP contribution < -0.4 is 10.2 Å². The molecule has 26 heavy (non-hydrogen) atoms. The minimum atomic E-state index is -4.47. The van der Waals surface area contributed by atoms with Gasteiger partial charge in [-0.15, -0.1) is 0 Å². The molecule has 0 aliphatic carbocycles. The van der Waals surface area contributed by atoms with E-state index in [-0.39, 0.29) is 11.4 Å². The van der Waals surface area contributed by atoms with Gasteiger partial charge in [0.15, 0.2) is 0 Å². The molecule has 3 rings (SSSR count). The molecule has 0 bridgehead atoms. The standard InChI is InChI=1S/C17H18F3N5O/c1-24-5-7-25(8-6-24)15-11-21-14(10-22-15)16(26)23-13-4-2-3-12(9-13)17(18,19)20/h2-4,9-11H,5-8H2,1H3,(H,23,26). The van der Waals surface area contributed by atoms with Gasteiger partial charge in [0, 0.05) is 31.9 Å². The smallest absolute Gasteiger partial charge is 0.353 e. The van der Waals surface area contributed by atoms with Crippen molar-refractivity contribution in [1.82, 2.24) is 14.9 Å². The van der Waals surface area contributed by atoms with E-state index in [1.807, 2.05) is 7.05 Å². The van der Waals surface area contributed by atoms with Crippen LogP contribution in [0.3, 0.4) is 0 Å². The van der Waals surface area contributed by atoms with E-state index in [0.717, 1.165) is 38.3 Å². The van der Waals surface area contributed by atoms with Crippen molar-refractivity contribution in [1.29, 1.82) is 0 Å². The Balaban J connectivity index is 1.67. The summed E-state index contributed by atoms with van der Waals surface area (Å²) in [5.74, 6) is 0.0653. The van der Waals surface area contributed by atoms with Crippen LogP contribution in [0.1, 0.15) is 16.1 Å². The van der Waals surface area contributed by atoms with Gasteiger partial charge in [0.05, 0.1) is 18.0 Å². The van der Waals surface area contributed by atoms with Gasteiger partial charge in [0.1, 0.15) is 11.5 Å². The summed E-state index contributed by atoms with van der Waals surface area (Å²) in [7, 11) is 2.05. The van der Waals surface area contributed by atoms with Crippen LogP contribution in [-0.2, 0) is 6.18 Å². The molecule has 1 aliphatic heterocycles. The highest BCUT2D eigenvalue weighted by Crippen LogP contribution is 2.30. The number of piperazine rings is 1. The van der Waals surface area contributed by atoms with Crippen LogP contribution in [0, 0.1) is 0 Å². The quantitative estimate of drug-likeness (QED) is 0.906. The number of likely N-dealkylation sites (N-methyl/N-ethyl adjacent to an activating group) is 1. The Morgan fingerprint density at radius 2 is 1.85 bits per heavy atom. The van der Waals surface area contributed by atoms with Crippen LogP contribution in [0.4, 0.5) is 24.7 Å². The molecule has 0 atom stereocenters. The molecule has 1 aliphatic rings. The summed E-state index contributed by atoms with van der Waals surface area (Å²) in [6, 6.07) is 4.45. The van der Waals surface area contributed by atoms with Gasteiger partial charge in [0.2, 0.25) is 0 Å². The number of carbonyl (C=O) groups is 1. The largest absolute Gasteiger partial charge is 0.416 e. The second kappa shape index (κ2) is 7.28. The maximum absolute atomic E-state index is 12.7. The second-order valence-electron chi connectivity index (χ2n) is 6.08. The molecule has 1 aromatic heterocycles. The number of rotatable bonds is 3. The predicted molar refractivity (Wildman–Crippen MR) is 91.1 cm³/mol. The first kappa shape index (κ1) is 18.1. The van der Waals surface area contributed by atoms with E-state index in [9.17, 15) is 18.0 Å². The van der Waals surface area contributed by atoms with Crippen LogP contribution in [0.15, 0.2) is 36.7 Å². The van der Waals surface area contributed by atoms with Gasteiger partial charge >= 0.3 is 6.18 Å². The lowest BCUT2D eigenvalue weighted by Gasteiger charge is -2.32. The molecule has 1 aromatic carbocycles. The lowest BCUT2D eigenvalue weighted by atomic mass is 10.2. The van der Waals surface area contributed by atoms with E-state index in [1.54, 1.807) is 0 Å². The summed E-state index contributed by atoms with van der Waals surface area (Å²) in [5, 5.41) is 2.41. The molecule has 2 heterocycles. The molecule has 6 nitrogen and oxygen atoms in total. The Morgan fingerprint density at radius 3 is 2.46 bits per heavy atom. The molecule has 9 heteroatoms. The first-order valence-electron chi connectivity index (χ1n) is 8.07. The number of halogens is 3. The Kier molecular flexibility index (Phi) is 5.08. The van der Waals surface area contributed by atoms with E-state index >= 15 is 0 Å². The zero-order valence-corrected chi connectivity index (χ0v) is 14.1. The van der Waals surface area contributed by atoms with Crippen molar-refractivity contribution in [2.45, 2.75) is 6.18 Å². The summed E-state index contributed by atoms with van der Waals surface area (Å²) >= 11 is 0. The maximum atomic E-state index is 12.7. The Bertz CT molecular complexity index is 771. The molecule has 1 saturated heterocycles. The highest BCUT2D eigenvalue weighted by atomic mass is 19.4. The summed E-state index contributed by atoms with van der Waals surface area (Å²) in [6.07, 6.45) is -1.63. The number of anilines is 2. The molecule has 0 spiro atoms. The highest BCUT2D eigenvalue weighted by Gasteiger charge is 2.30. The van der Waals surface area contributed by atoms with Gasteiger partial charge in [0.25, 0.3) is 5.91 Å². The number of carbonyl (C=O) groups excluding carboxylic acids is 1. The molecule has 2 aromatic rings. The lowest BCUT2D eigenvalue weighted by molar-refractivity contribution is -0.137. The Morgan fingerprint density at radius 1 is 1.12 bits per heavy atom. The van der Waals surface area contributed by atoms with E-state index < -0.39 is 17.6 Å². The number of hydrogen-bond donors (Lipinski definition) is 1. The first-order chi connectivity index (χ1) is 12.3. The zero-order chi connectivity index (χ0) is 18.7. The fourth-order valence-corrected chi connectivity index (χ4v) is 2.61. The molecule has 0 radical (unpaired) electrons. The number of amides is 1. The number of benzene rings is 1. The monoisotopic (exact) mass is 365 g/mol. The van der Waals surface area contributed by atoms with Crippen LogP contribution in [0.2, 0.25) is 0 Å². The second-order valence-corrected chi connectivity index (χ2v) is 6.08. The van der Waals surface area contributed by atoms with Gasteiger partial charge in [-0.2, -0.15) is 13.2 Å². The maximum Gasteiger partial charge on any atom is 0.416 e. The first-order valence-corrected chi connectivity index (χ1v) is 8.07. The molecular weight excluding hydrogens is 347 g/mol. The van der Waals surface area contributed by atoms with Crippen LogP contribution in [0.5, 0.6) is 0 Å². The van der Waals surface area contributed by atoms with Crippen molar-refractivity contribution in [3.63, 3.8) is 0 Å². The van der Waals surface area contributed by atoms with Gasteiger partial charge in [-0.1, -0.05) is 6.07 Å². The van der Waals surface area contributed by atoms with Crippen molar-refractivity contribution in [3.8, 4) is 0 Å². The van der Waals surface area contributed by atoms with Crippen LogP contribution in [0.25, 0.3) is 0 Å². The molecule has 0 saturated carbocycles. The zero-order valence-electron chi connectivity index (χ0n) is 14.1. The third-order valence-corrected chi connectivity index (χ3v) is 4.15. The number of aromatic nitrogens is 2. The average Bonchev–Trinajstić information content (AvgIpc) is 2.62. The van der Waals surface area contributed by atoms with Crippen molar-refractivity contribution in [3.05, 3.63) is 47.9 Å². The summed E-state index contributed by atoms with van der Waals surface area (Å²) in [6.45, 7) is 3.47. The van der Waals surface area contributed by atoms with Crippen LogP contribution >= 0.6 is 0 Å². The van der Waals surface area contributed by atoms with E-state index in [2.05, 4.69) is 25.1 Å². The summed E-state index contributed by atoms with van der Waals surface area (Å²) < 4.78 is 38.2. The minimum Gasteiger partial charge on any atom is -0.353 e. The van der Waals surface area contributed by atoms with Crippen molar-refractivity contribution >= 4 is 17.4 Å².